The third kappa shape index (κ3) is 3.04. The summed E-state index contributed by atoms with van der Waals surface area (Å²) in [4.78, 5) is 14.2. The van der Waals surface area contributed by atoms with Gasteiger partial charge in [-0.05, 0) is 43.9 Å². The number of nitrogens with two attached hydrogens (primary N) is 1. The molecule has 1 aliphatic heterocycles. The van der Waals surface area contributed by atoms with Gasteiger partial charge in [0, 0.05) is 24.9 Å². The monoisotopic (exact) mass is 278 g/mol. The average Bonchev–Trinajstić information content (AvgIpc) is 2.92. The first-order valence-electron chi connectivity index (χ1n) is 7.02. The number of aliphatic hydroxyl groups excluding tert-OH is 1. The van der Waals surface area contributed by atoms with Crippen LogP contribution in [0.3, 0.4) is 0 Å². The topological polar surface area (TPSA) is 75.8 Å². The zero-order valence-corrected chi connectivity index (χ0v) is 11.8. The van der Waals surface area contributed by atoms with Crippen LogP contribution in [0.25, 0.3) is 0 Å². The number of hydrogen-bond acceptors (Lipinski definition) is 5. The summed E-state index contributed by atoms with van der Waals surface area (Å²) in [5, 5.41) is 8.99. The Labute approximate surface area is 119 Å². The van der Waals surface area contributed by atoms with Gasteiger partial charge in [0.15, 0.2) is 0 Å². The molecule has 0 spiro atoms. The number of nitrogens with zero attached hydrogens (tertiary/aromatic N) is 1. The number of hydrogen-bond donors (Lipinski definition) is 2. The molecule has 3 N–H and O–H groups in total. The Morgan fingerprint density at radius 3 is 3.05 bits per heavy atom. The number of carbonyl (C=O) groups is 1. The van der Waals surface area contributed by atoms with Crippen molar-refractivity contribution in [1.82, 2.24) is 0 Å². The summed E-state index contributed by atoms with van der Waals surface area (Å²) >= 11 is 0. The van der Waals surface area contributed by atoms with Crippen molar-refractivity contribution in [3.05, 3.63) is 23.8 Å². The lowest BCUT2D eigenvalue weighted by Crippen LogP contribution is -2.31. The summed E-state index contributed by atoms with van der Waals surface area (Å²) in [5.74, 6) is -0.361. The van der Waals surface area contributed by atoms with E-state index in [1.165, 1.54) is 7.11 Å². The summed E-state index contributed by atoms with van der Waals surface area (Å²) < 4.78 is 4.85. The molecule has 20 heavy (non-hydrogen) atoms. The van der Waals surface area contributed by atoms with Crippen molar-refractivity contribution >= 4 is 17.3 Å². The fourth-order valence-electron chi connectivity index (χ4n) is 2.86. The lowest BCUT2D eigenvalue weighted by molar-refractivity contribution is 0.0601. The largest absolute Gasteiger partial charge is 0.465 e. The molecular weight excluding hydrogens is 256 g/mol. The van der Waals surface area contributed by atoms with E-state index in [1.807, 2.05) is 12.1 Å². The van der Waals surface area contributed by atoms with E-state index in [1.54, 1.807) is 6.07 Å². The first kappa shape index (κ1) is 14.7. The predicted octanol–water partition coefficient (Wildman–Crippen LogP) is 1.80. The van der Waals surface area contributed by atoms with Crippen molar-refractivity contribution in [3.63, 3.8) is 0 Å². The van der Waals surface area contributed by atoms with Crippen LogP contribution in [0.4, 0.5) is 11.4 Å². The van der Waals surface area contributed by atoms with Crippen molar-refractivity contribution in [1.29, 1.82) is 0 Å². The van der Waals surface area contributed by atoms with Crippen LogP contribution in [0.5, 0.6) is 0 Å². The number of carbonyl (C=O) groups excluding carboxylic acids is 1. The minimum absolute atomic E-state index is 0.204. The SMILES string of the molecule is COC(=O)c1cc(N)ccc1N1CCCC1CCCO. The van der Waals surface area contributed by atoms with Gasteiger partial charge >= 0.3 is 5.97 Å². The van der Waals surface area contributed by atoms with Crippen molar-refractivity contribution in [2.75, 3.05) is 30.9 Å². The van der Waals surface area contributed by atoms with Crippen LogP contribution in [0, 0.1) is 0 Å². The quantitative estimate of drug-likeness (QED) is 0.634. The van der Waals surface area contributed by atoms with Crippen molar-refractivity contribution < 1.29 is 14.6 Å². The molecule has 1 aromatic carbocycles. The minimum atomic E-state index is -0.361. The first-order chi connectivity index (χ1) is 9.67. The van der Waals surface area contributed by atoms with Crippen molar-refractivity contribution in [3.8, 4) is 0 Å². The highest BCUT2D eigenvalue weighted by Gasteiger charge is 2.27. The second-order valence-electron chi connectivity index (χ2n) is 5.12. The van der Waals surface area contributed by atoms with E-state index in [0.29, 0.717) is 17.3 Å². The van der Waals surface area contributed by atoms with Gasteiger partial charge < -0.3 is 20.5 Å². The van der Waals surface area contributed by atoms with E-state index >= 15 is 0 Å². The third-order valence-electron chi connectivity index (χ3n) is 3.81. The van der Waals surface area contributed by atoms with E-state index in [-0.39, 0.29) is 12.6 Å². The molecule has 1 unspecified atom stereocenters. The number of benzene rings is 1. The van der Waals surface area contributed by atoms with Gasteiger partial charge in [-0.2, -0.15) is 0 Å². The van der Waals surface area contributed by atoms with Crippen LogP contribution in [0.15, 0.2) is 18.2 Å². The number of esters is 1. The number of ether oxygens (including phenoxy) is 1. The Morgan fingerprint density at radius 2 is 2.35 bits per heavy atom. The summed E-state index contributed by atoms with van der Waals surface area (Å²) in [6, 6.07) is 5.74. The Kier molecular flexibility index (Phi) is 4.84. The molecule has 1 heterocycles. The molecule has 1 aromatic rings. The molecular formula is C15H22N2O3. The Bertz CT molecular complexity index is 476. The molecule has 5 heteroatoms. The van der Waals surface area contributed by atoms with Crippen LogP contribution in [-0.4, -0.2) is 37.4 Å². The number of anilines is 2. The van der Waals surface area contributed by atoms with E-state index in [4.69, 9.17) is 15.6 Å². The van der Waals surface area contributed by atoms with Gasteiger partial charge in [-0.25, -0.2) is 4.79 Å². The smallest absolute Gasteiger partial charge is 0.340 e. The maximum Gasteiger partial charge on any atom is 0.340 e. The van der Waals surface area contributed by atoms with Gasteiger partial charge in [0.25, 0.3) is 0 Å². The molecule has 1 fully saturated rings. The predicted molar refractivity (Wildman–Crippen MR) is 78.9 cm³/mol. The van der Waals surface area contributed by atoms with Gasteiger partial charge in [-0.1, -0.05) is 0 Å². The molecule has 2 rings (SSSR count). The molecule has 0 aromatic heterocycles. The first-order valence-corrected chi connectivity index (χ1v) is 7.02. The molecule has 110 valence electrons. The third-order valence-corrected chi connectivity index (χ3v) is 3.81. The molecule has 1 saturated heterocycles. The van der Waals surface area contributed by atoms with E-state index in [9.17, 15) is 4.79 Å². The zero-order valence-electron chi connectivity index (χ0n) is 11.8. The molecule has 0 amide bonds. The fraction of sp³-hybridized carbons (Fsp3) is 0.533. The Morgan fingerprint density at radius 1 is 1.55 bits per heavy atom. The average molecular weight is 278 g/mol. The van der Waals surface area contributed by atoms with E-state index in [2.05, 4.69) is 4.90 Å². The summed E-state index contributed by atoms with van der Waals surface area (Å²) in [6.45, 7) is 1.12. The number of nitrogen functional groups attached to an aromatic ring is 1. The lowest BCUT2D eigenvalue weighted by Gasteiger charge is -2.28. The maximum absolute atomic E-state index is 11.9. The molecule has 1 aliphatic rings. The standard InChI is InChI=1S/C15H22N2O3/c1-20-15(19)13-10-11(16)6-7-14(13)17-8-2-4-12(17)5-3-9-18/h6-7,10,12,18H,2-5,8-9,16H2,1H3. The number of aliphatic hydroxyl groups is 1. The maximum atomic E-state index is 11.9. The Hall–Kier alpha value is -1.75. The van der Waals surface area contributed by atoms with Crippen LogP contribution in [-0.2, 0) is 4.74 Å². The second kappa shape index (κ2) is 6.61. The van der Waals surface area contributed by atoms with Crippen LogP contribution < -0.4 is 10.6 Å². The molecule has 0 radical (unpaired) electrons. The van der Waals surface area contributed by atoms with Crippen molar-refractivity contribution in [2.24, 2.45) is 0 Å². The highest BCUT2D eigenvalue weighted by Crippen LogP contribution is 2.32. The van der Waals surface area contributed by atoms with Crippen molar-refractivity contribution in [2.45, 2.75) is 31.7 Å². The highest BCUT2D eigenvalue weighted by molar-refractivity contribution is 5.97. The number of rotatable bonds is 5. The molecule has 0 bridgehead atoms. The molecule has 0 saturated carbocycles. The van der Waals surface area contributed by atoms with E-state index in [0.717, 1.165) is 37.9 Å². The Balaban J connectivity index is 2.28. The molecule has 0 aliphatic carbocycles. The minimum Gasteiger partial charge on any atom is -0.465 e. The normalized spacial score (nSPS) is 18.3. The van der Waals surface area contributed by atoms with Gasteiger partial charge in [-0.15, -0.1) is 0 Å². The highest BCUT2D eigenvalue weighted by atomic mass is 16.5. The van der Waals surface area contributed by atoms with Gasteiger partial charge in [0.2, 0.25) is 0 Å². The summed E-state index contributed by atoms with van der Waals surface area (Å²) in [7, 11) is 1.38. The zero-order chi connectivity index (χ0) is 14.5. The van der Waals surface area contributed by atoms with Gasteiger partial charge in [0.1, 0.15) is 0 Å². The molecule has 5 nitrogen and oxygen atoms in total. The second-order valence-corrected chi connectivity index (χ2v) is 5.12. The van der Waals surface area contributed by atoms with Gasteiger partial charge in [-0.3, -0.25) is 0 Å². The lowest BCUT2D eigenvalue weighted by atomic mass is 10.1. The van der Waals surface area contributed by atoms with Crippen LogP contribution >= 0.6 is 0 Å². The fourth-order valence-corrected chi connectivity index (χ4v) is 2.86. The van der Waals surface area contributed by atoms with Gasteiger partial charge in [0.05, 0.1) is 18.4 Å². The number of methoxy groups -OCH3 is 1. The summed E-state index contributed by atoms with van der Waals surface area (Å²) in [5.41, 5.74) is 7.73. The van der Waals surface area contributed by atoms with Crippen LogP contribution in [0.1, 0.15) is 36.0 Å². The van der Waals surface area contributed by atoms with E-state index < -0.39 is 0 Å². The summed E-state index contributed by atoms with van der Waals surface area (Å²) in [6.07, 6.45) is 3.90. The van der Waals surface area contributed by atoms with Crippen LogP contribution in [0.2, 0.25) is 0 Å². The molecule has 1 atom stereocenters.